The number of hydrogen-bond donors (Lipinski definition) is 0. The Morgan fingerprint density at radius 3 is 2.41 bits per heavy atom. The topological polar surface area (TPSA) is 70.0 Å². The Labute approximate surface area is 126 Å². The molecule has 6 nitrogen and oxygen atoms in total. The van der Waals surface area contributed by atoms with Crippen molar-refractivity contribution in [3.63, 3.8) is 0 Å². The minimum Gasteiger partial charge on any atom is -0.354 e. The Hall–Kier alpha value is -2.63. The molecule has 0 saturated heterocycles. The first-order valence-corrected chi connectivity index (χ1v) is 6.99. The van der Waals surface area contributed by atoms with E-state index in [9.17, 15) is 9.59 Å². The first kappa shape index (κ1) is 14.3. The summed E-state index contributed by atoms with van der Waals surface area (Å²) in [4.78, 5) is 25.0. The zero-order valence-electron chi connectivity index (χ0n) is 13.2. The van der Waals surface area contributed by atoms with Gasteiger partial charge in [0.05, 0.1) is 5.69 Å². The second kappa shape index (κ2) is 4.69. The summed E-state index contributed by atoms with van der Waals surface area (Å²) in [6.45, 7) is 7.38. The van der Waals surface area contributed by atoms with Gasteiger partial charge in [-0.05, 0) is 38.8 Å². The van der Waals surface area contributed by atoms with E-state index < -0.39 is 5.69 Å². The first-order valence-electron chi connectivity index (χ1n) is 6.99. The SMILES string of the molecule is Cc1cc(C)c2c(C)noc2c1-n1c(=O)cc(C)n(C)c1=O. The largest absolute Gasteiger partial charge is 0.354 e. The molecule has 0 bridgehead atoms. The maximum Gasteiger partial charge on any atom is 0.335 e. The maximum atomic E-state index is 12.6. The van der Waals surface area contributed by atoms with Crippen molar-refractivity contribution in [3.8, 4) is 5.69 Å². The molecule has 0 aliphatic heterocycles. The van der Waals surface area contributed by atoms with Crippen LogP contribution in [0.3, 0.4) is 0 Å². The number of benzene rings is 1. The molecule has 0 N–H and O–H groups in total. The van der Waals surface area contributed by atoms with Gasteiger partial charge in [-0.25, -0.2) is 9.36 Å². The van der Waals surface area contributed by atoms with E-state index in [0.29, 0.717) is 17.0 Å². The van der Waals surface area contributed by atoms with Gasteiger partial charge in [0.1, 0.15) is 5.69 Å². The molecule has 3 rings (SSSR count). The molecule has 1 aromatic carbocycles. The minimum atomic E-state index is -0.396. The third-order valence-electron chi connectivity index (χ3n) is 4.06. The van der Waals surface area contributed by atoms with Crippen LogP contribution in [0.4, 0.5) is 0 Å². The molecule has 0 atom stereocenters. The molecule has 114 valence electrons. The number of hydrogen-bond acceptors (Lipinski definition) is 4. The highest BCUT2D eigenvalue weighted by Gasteiger charge is 2.19. The maximum absolute atomic E-state index is 12.6. The molecule has 3 aromatic rings. The van der Waals surface area contributed by atoms with Crippen molar-refractivity contribution in [2.45, 2.75) is 27.7 Å². The fourth-order valence-corrected chi connectivity index (χ4v) is 2.86. The number of aryl methyl sites for hydroxylation is 4. The molecular weight excluding hydrogens is 282 g/mol. The quantitative estimate of drug-likeness (QED) is 0.688. The second-order valence-electron chi connectivity index (χ2n) is 5.63. The lowest BCUT2D eigenvalue weighted by molar-refractivity contribution is 0.448. The average molecular weight is 299 g/mol. The van der Waals surface area contributed by atoms with Gasteiger partial charge in [-0.3, -0.25) is 4.79 Å². The van der Waals surface area contributed by atoms with Crippen molar-refractivity contribution >= 4 is 11.0 Å². The van der Waals surface area contributed by atoms with Gasteiger partial charge in [-0.2, -0.15) is 0 Å². The zero-order chi connectivity index (χ0) is 16.2. The highest BCUT2D eigenvalue weighted by Crippen LogP contribution is 2.29. The lowest BCUT2D eigenvalue weighted by Crippen LogP contribution is -2.38. The van der Waals surface area contributed by atoms with Crippen molar-refractivity contribution < 1.29 is 4.52 Å². The molecule has 2 aromatic heterocycles. The Bertz CT molecular complexity index is 1020. The van der Waals surface area contributed by atoms with Gasteiger partial charge in [-0.1, -0.05) is 11.2 Å². The van der Waals surface area contributed by atoms with E-state index in [1.54, 1.807) is 14.0 Å². The normalized spacial score (nSPS) is 11.3. The lowest BCUT2D eigenvalue weighted by Gasteiger charge is -2.12. The molecule has 2 heterocycles. The summed E-state index contributed by atoms with van der Waals surface area (Å²) in [6.07, 6.45) is 0. The van der Waals surface area contributed by atoms with Crippen LogP contribution in [0.15, 0.2) is 26.2 Å². The number of fused-ring (bicyclic) bond motifs is 1. The van der Waals surface area contributed by atoms with Crippen molar-refractivity contribution in [2.24, 2.45) is 7.05 Å². The van der Waals surface area contributed by atoms with Crippen LogP contribution < -0.4 is 11.2 Å². The summed E-state index contributed by atoms with van der Waals surface area (Å²) in [5.74, 6) is 0. The van der Waals surface area contributed by atoms with Crippen LogP contribution in [0.2, 0.25) is 0 Å². The smallest absolute Gasteiger partial charge is 0.335 e. The van der Waals surface area contributed by atoms with Crippen molar-refractivity contribution in [2.75, 3.05) is 0 Å². The van der Waals surface area contributed by atoms with Crippen molar-refractivity contribution in [3.05, 3.63) is 55.5 Å². The van der Waals surface area contributed by atoms with E-state index in [1.165, 1.54) is 10.6 Å². The van der Waals surface area contributed by atoms with Gasteiger partial charge in [0.15, 0.2) is 5.58 Å². The highest BCUT2D eigenvalue weighted by atomic mass is 16.5. The molecule has 0 spiro atoms. The fraction of sp³-hybridized carbons (Fsp3) is 0.312. The van der Waals surface area contributed by atoms with Gasteiger partial charge in [0.2, 0.25) is 0 Å². The molecular formula is C16H17N3O3. The molecule has 0 aliphatic carbocycles. The average Bonchev–Trinajstić information content (AvgIpc) is 2.82. The van der Waals surface area contributed by atoms with E-state index in [-0.39, 0.29) is 5.56 Å². The predicted molar refractivity (Wildman–Crippen MR) is 83.8 cm³/mol. The molecule has 0 amide bonds. The van der Waals surface area contributed by atoms with Crippen LogP contribution in [0, 0.1) is 27.7 Å². The molecule has 22 heavy (non-hydrogen) atoms. The third kappa shape index (κ3) is 1.83. The van der Waals surface area contributed by atoms with E-state index >= 15 is 0 Å². The number of rotatable bonds is 1. The van der Waals surface area contributed by atoms with Crippen LogP contribution in [-0.4, -0.2) is 14.3 Å². The Morgan fingerprint density at radius 1 is 1.05 bits per heavy atom. The summed E-state index contributed by atoms with van der Waals surface area (Å²) in [7, 11) is 1.64. The minimum absolute atomic E-state index is 0.372. The van der Waals surface area contributed by atoms with Crippen LogP contribution in [0.5, 0.6) is 0 Å². The molecule has 0 aliphatic rings. The second-order valence-corrected chi connectivity index (χ2v) is 5.63. The van der Waals surface area contributed by atoms with Gasteiger partial charge in [0.25, 0.3) is 5.56 Å². The summed E-state index contributed by atoms with van der Waals surface area (Å²) in [5, 5.41) is 4.83. The van der Waals surface area contributed by atoms with Crippen LogP contribution >= 0.6 is 0 Å². The molecule has 0 unspecified atom stereocenters. The number of aromatic nitrogens is 3. The lowest BCUT2D eigenvalue weighted by atomic mass is 10.0. The van der Waals surface area contributed by atoms with Crippen LogP contribution in [0.25, 0.3) is 16.7 Å². The van der Waals surface area contributed by atoms with Gasteiger partial charge < -0.3 is 9.09 Å². The molecule has 0 radical (unpaired) electrons. The van der Waals surface area contributed by atoms with Crippen LogP contribution in [-0.2, 0) is 7.05 Å². The van der Waals surface area contributed by atoms with Gasteiger partial charge >= 0.3 is 5.69 Å². The van der Waals surface area contributed by atoms with Crippen molar-refractivity contribution in [1.82, 2.24) is 14.3 Å². The van der Waals surface area contributed by atoms with E-state index in [2.05, 4.69) is 5.16 Å². The summed E-state index contributed by atoms with van der Waals surface area (Å²) in [6, 6.07) is 3.38. The molecule has 0 saturated carbocycles. The first-order chi connectivity index (χ1) is 10.3. The Balaban J connectivity index is 2.55. The van der Waals surface area contributed by atoms with Gasteiger partial charge in [0, 0.05) is 24.2 Å². The zero-order valence-corrected chi connectivity index (χ0v) is 13.2. The summed E-state index contributed by atoms with van der Waals surface area (Å²) >= 11 is 0. The van der Waals surface area contributed by atoms with E-state index in [1.807, 2.05) is 26.8 Å². The summed E-state index contributed by atoms with van der Waals surface area (Å²) in [5.41, 5.74) is 3.32. The summed E-state index contributed by atoms with van der Waals surface area (Å²) < 4.78 is 8.01. The van der Waals surface area contributed by atoms with E-state index in [4.69, 9.17) is 4.52 Å². The van der Waals surface area contributed by atoms with Crippen LogP contribution in [0.1, 0.15) is 22.5 Å². The monoisotopic (exact) mass is 299 g/mol. The Morgan fingerprint density at radius 2 is 1.73 bits per heavy atom. The van der Waals surface area contributed by atoms with E-state index in [0.717, 1.165) is 26.8 Å². The van der Waals surface area contributed by atoms with Gasteiger partial charge in [-0.15, -0.1) is 0 Å². The Kier molecular flexibility index (Phi) is 3.05. The molecule has 0 fully saturated rings. The standard InChI is InChI=1S/C16H17N3O3/c1-8-6-9(2)14(15-13(8)11(4)17-22-15)19-12(20)7-10(3)18(5)16(19)21/h6-7H,1-5H3. The third-order valence-corrected chi connectivity index (χ3v) is 4.06. The highest BCUT2D eigenvalue weighted by molar-refractivity contribution is 5.90. The van der Waals surface area contributed by atoms with Crippen molar-refractivity contribution in [1.29, 1.82) is 0 Å². The molecule has 6 heteroatoms. The fourth-order valence-electron chi connectivity index (χ4n) is 2.86. The number of nitrogens with zero attached hydrogens (tertiary/aromatic N) is 3. The predicted octanol–water partition coefficient (Wildman–Crippen LogP) is 1.91.